The van der Waals surface area contributed by atoms with Crippen LogP contribution in [-0.4, -0.2) is 38.0 Å². The highest BCUT2D eigenvalue weighted by Crippen LogP contribution is 2.25. The fourth-order valence-corrected chi connectivity index (χ4v) is 3.15. The highest BCUT2D eigenvalue weighted by molar-refractivity contribution is 5.85. The lowest BCUT2D eigenvalue weighted by Crippen LogP contribution is -2.50. The summed E-state index contributed by atoms with van der Waals surface area (Å²) in [6, 6.07) is 0. The third kappa shape index (κ3) is 6.13. The highest BCUT2D eigenvalue weighted by atomic mass is 35.5. The zero-order valence-electron chi connectivity index (χ0n) is 13.5. The van der Waals surface area contributed by atoms with Crippen LogP contribution >= 0.6 is 12.4 Å². The third-order valence-electron chi connectivity index (χ3n) is 4.88. The van der Waals surface area contributed by atoms with E-state index in [0.717, 1.165) is 13.1 Å². The van der Waals surface area contributed by atoms with Gasteiger partial charge in [0.2, 0.25) is 11.8 Å². The summed E-state index contributed by atoms with van der Waals surface area (Å²) in [4.78, 5) is 23.7. The van der Waals surface area contributed by atoms with Gasteiger partial charge in [0.15, 0.2) is 0 Å². The number of rotatable bonds is 7. The van der Waals surface area contributed by atoms with Gasteiger partial charge in [0, 0.05) is 25.4 Å². The Hall–Kier alpha value is -0.810. The summed E-state index contributed by atoms with van der Waals surface area (Å²) in [7, 11) is 0. The molecule has 2 rings (SSSR count). The van der Waals surface area contributed by atoms with Crippen LogP contribution in [0.25, 0.3) is 0 Å². The molecule has 1 aliphatic heterocycles. The molecule has 128 valence electrons. The molecule has 1 heterocycles. The van der Waals surface area contributed by atoms with Gasteiger partial charge in [-0.15, -0.1) is 12.4 Å². The number of carbonyl (C=O) groups is 2. The predicted molar refractivity (Wildman–Crippen MR) is 90.0 cm³/mol. The van der Waals surface area contributed by atoms with Crippen molar-refractivity contribution in [3.05, 3.63) is 0 Å². The lowest BCUT2D eigenvalue weighted by molar-refractivity contribution is -0.127. The molecule has 0 aromatic carbocycles. The minimum absolute atomic E-state index is 0. The second-order valence-electron chi connectivity index (χ2n) is 6.56. The summed E-state index contributed by atoms with van der Waals surface area (Å²) >= 11 is 0. The molecule has 6 heteroatoms. The van der Waals surface area contributed by atoms with Gasteiger partial charge in [0.05, 0.1) is 0 Å². The zero-order valence-corrected chi connectivity index (χ0v) is 14.3. The molecule has 5 nitrogen and oxygen atoms in total. The minimum atomic E-state index is 0. The Morgan fingerprint density at radius 3 is 2.32 bits per heavy atom. The van der Waals surface area contributed by atoms with Gasteiger partial charge in [-0.3, -0.25) is 9.59 Å². The van der Waals surface area contributed by atoms with Gasteiger partial charge < -0.3 is 16.0 Å². The first-order chi connectivity index (χ1) is 10.2. The Bertz CT molecular complexity index is 355. The van der Waals surface area contributed by atoms with Crippen molar-refractivity contribution in [2.24, 2.45) is 17.8 Å². The second kappa shape index (κ2) is 10.1. The molecule has 1 aliphatic carbocycles. The highest BCUT2D eigenvalue weighted by Gasteiger charge is 2.28. The molecule has 1 saturated carbocycles. The van der Waals surface area contributed by atoms with Gasteiger partial charge in [-0.2, -0.15) is 0 Å². The van der Waals surface area contributed by atoms with Crippen molar-refractivity contribution in [3.63, 3.8) is 0 Å². The van der Waals surface area contributed by atoms with Crippen LogP contribution in [0.1, 0.15) is 45.4 Å². The van der Waals surface area contributed by atoms with E-state index >= 15 is 0 Å². The first kappa shape index (κ1) is 19.2. The average Bonchev–Trinajstić information content (AvgIpc) is 2.42. The third-order valence-corrected chi connectivity index (χ3v) is 4.88. The number of hydrogen-bond donors (Lipinski definition) is 3. The number of nitrogens with one attached hydrogen (secondary N) is 3. The largest absolute Gasteiger partial charge is 0.354 e. The molecule has 2 amide bonds. The maximum atomic E-state index is 11.9. The first-order valence-electron chi connectivity index (χ1n) is 8.42. The van der Waals surface area contributed by atoms with E-state index in [9.17, 15) is 9.59 Å². The van der Waals surface area contributed by atoms with E-state index in [0.29, 0.717) is 31.3 Å². The molecule has 2 aliphatic rings. The molecule has 3 N–H and O–H groups in total. The topological polar surface area (TPSA) is 70.2 Å². The van der Waals surface area contributed by atoms with Gasteiger partial charge in [-0.25, -0.2) is 0 Å². The van der Waals surface area contributed by atoms with Crippen LogP contribution < -0.4 is 16.0 Å². The van der Waals surface area contributed by atoms with Crippen molar-refractivity contribution in [2.45, 2.75) is 45.4 Å². The van der Waals surface area contributed by atoms with Crippen LogP contribution in [0.5, 0.6) is 0 Å². The maximum Gasteiger partial charge on any atom is 0.223 e. The molecule has 0 radical (unpaired) electrons. The Labute approximate surface area is 139 Å². The van der Waals surface area contributed by atoms with Crippen molar-refractivity contribution in [1.82, 2.24) is 16.0 Å². The normalized spacial score (nSPS) is 20.4. The Kier molecular flexibility index (Phi) is 8.79. The van der Waals surface area contributed by atoms with E-state index in [1.54, 1.807) is 0 Å². The van der Waals surface area contributed by atoms with Gasteiger partial charge >= 0.3 is 0 Å². The molecule has 2 fully saturated rings. The summed E-state index contributed by atoms with van der Waals surface area (Å²) in [5.41, 5.74) is 0. The fraction of sp³-hybridized carbons (Fsp3) is 0.875. The van der Waals surface area contributed by atoms with Crippen molar-refractivity contribution in [2.75, 3.05) is 26.2 Å². The molecule has 1 atom stereocenters. The summed E-state index contributed by atoms with van der Waals surface area (Å²) in [6.45, 7) is 4.91. The Balaban J connectivity index is 0.00000242. The molecule has 1 unspecified atom stereocenters. The molecule has 0 aromatic rings. The van der Waals surface area contributed by atoms with E-state index in [4.69, 9.17) is 0 Å². The summed E-state index contributed by atoms with van der Waals surface area (Å²) < 4.78 is 0. The van der Waals surface area contributed by atoms with Gasteiger partial charge in [0.1, 0.15) is 0 Å². The standard InChI is InChI=1S/C16H29N3O2.ClH/c1-12(14-10-17-11-14)16(21)19-8-7-18-15(20)9-13-5-3-2-4-6-13;/h12-14,17H,2-11H2,1H3,(H,18,20)(H,19,21);1H. The van der Waals surface area contributed by atoms with Crippen LogP contribution in [0.2, 0.25) is 0 Å². The molecule has 22 heavy (non-hydrogen) atoms. The lowest BCUT2D eigenvalue weighted by Gasteiger charge is -2.31. The monoisotopic (exact) mass is 331 g/mol. The first-order valence-corrected chi connectivity index (χ1v) is 8.42. The van der Waals surface area contributed by atoms with Crippen LogP contribution in [-0.2, 0) is 9.59 Å². The molecular weight excluding hydrogens is 302 g/mol. The number of hydrogen-bond acceptors (Lipinski definition) is 3. The molecular formula is C16H30ClN3O2. The minimum Gasteiger partial charge on any atom is -0.354 e. The fourth-order valence-electron chi connectivity index (χ4n) is 3.15. The van der Waals surface area contributed by atoms with E-state index in [2.05, 4.69) is 16.0 Å². The van der Waals surface area contributed by atoms with Crippen molar-refractivity contribution >= 4 is 24.2 Å². The molecule has 0 spiro atoms. The van der Waals surface area contributed by atoms with Crippen molar-refractivity contribution in [1.29, 1.82) is 0 Å². The van der Waals surface area contributed by atoms with Crippen LogP contribution in [0, 0.1) is 17.8 Å². The quantitative estimate of drug-likeness (QED) is 0.619. The predicted octanol–water partition coefficient (Wildman–Crippen LogP) is 1.47. The molecule has 0 aromatic heterocycles. The lowest BCUT2D eigenvalue weighted by atomic mass is 9.87. The van der Waals surface area contributed by atoms with E-state index in [1.807, 2.05) is 6.92 Å². The van der Waals surface area contributed by atoms with E-state index in [1.165, 1.54) is 32.1 Å². The Morgan fingerprint density at radius 2 is 1.73 bits per heavy atom. The van der Waals surface area contributed by atoms with Gasteiger partial charge in [-0.05, 0) is 37.8 Å². The van der Waals surface area contributed by atoms with Gasteiger partial charge in [-0.1, -0.05) is 26.2 Å². The van der Waals surface area contributed by atoms with Crippen LogP contribution in [0.4, 0.5) is 0 Å². The summed E-state index contributed by atoms with van der Waals surface area (Å²) in [5, 5.41) is 9.01. The maximum absolute atomic E-state index is 11.9. The second-order valence-corrected chi connectivity index (χ2v) is 6.56. The van der Waals surface area contributed by atoms with E-state index < -0.39 is 0 Å². The number of amides is 2. The van der Waals surface area contributed by atoms with Crippen LogP contribution in [0.15, 0.2) is 0 Å². The Morgan fingerprint density at radius 1 is 1.09 bits per heavy atom. The van der Waals surface area contributed by atoms with Crippen molar-refractivity contribution in [3.8, 4) is 0 Å². The smallest absolute Gasteiger partial charge is 0.223 e. The average molecular weight is 332 g/mol. The summed E-state index contributed by atoms with van der Waals surface area (Å²) in [6.07, 6.45) is 6.88. The van der Waals surface area contributed by atoms with Gasteiger partial charge in [0.25, 0.3) is 0 Å². The number of halogens is 1. The van der Waals surface area contributed by atoms with Crippen LogP contribution in [0.3, 0.4) is 0 Å². The SMILES string of the molecule is CC(C(=O)NCCNC(=O)CC1CCCCC1)C1CNC1.Cl. The molecule has 1 saturated heterocycles. The summed E-state index contributed by atoms with van der Waals surface area (Å²) in [5.74, 6) is 1.32. The van der Waals surface area contributed by atoms with Crippen molar-refractivity contribution < 1.29 is 9.59 Å². The number of carbonyl (C=O) groups excluding carboxylic acids is 2. The molecule has 0 bridgehead atoms. The zero-order chi connectivity index (χ0) is 15.1. The van der Waals surface area contributed by atoms with E-state index in [-0.39, 0.29) is 30.1 Å².